The number of halogens is 1. The number of allylic oxidation sites excluding steroid dienone is 4. The van der Waals surface area contributed by atoms with E-state index in [0.29, 0.717) is 23.1 Å². The molecule has 2 aromatic carbocycles. The number of Topliss-reactive ketones (excluding diaryl/α,β-unsaturated/α-hetero) is 2. The van der Waals surface area contributed by atoms with Gasteiger partial charge in [-0.1, -0.05) is 39.8 Å². The number of ketones is 2. The minimum atomic E-state index is -0.415. The van der Waals surface area contributed by atoms with Crippen LogP contribution in [0.2, 0.25) is 0 Å². The molecule has 0 fully saturated rings. The highest BCUT2D eigenvalue weighted by atomic mass is 79.9. The molecule has 0 atom stereocenters. The predicted molar refractivity (Wildman–Crippen MR) is 165 cm³/mol. The molecular weight excluding hydrogens is 580 g/mol. The summed E-state index contributed by atoms with van der Waals surface area (Å²) in [5.74, 6) is 0.0674. The van der Waals surface area contributed by atoms with Gasteiger partial charge in [-0.25, -0.2) is 0 Å². The molecule has 0 unspecified atom stereocenters. The van der Waals surface area contributed by atoms with Crippen molar-refractivity contribution in [2.45, 2.75) is 73.1 Å². The summed E-state index contributed by atoms with van der Waals surface area (Å²) in [6.45, 7) is 12.4. The summed E-state index contributed by atoms with van der Waals surface area (Å²) >= 11 is 3.63. The maximum absolute atomic E-state index is 13.7. The highest BCUT2D eigenvalue weighted by Crippen LogP contribution is 2.54. The molecule has 216 valence electrons. The van der Waals surface area contributed by atoms with Gasteiger partial charge in [0.15, 0.2) is 18.2 Å². The van der Waals surface area contributed by atoms with Crippen LogP contribution in [0.15, 0.2) is 63.4 Å². The number of nitrogens with one attached hydrogen (secondary N) is 1. The highest BCUT2D eigenvalue weighted by molar-refractivity contribution is 9.10. The topological polar surface area (TPSA) is 75.7 Å². The van der Waals surface area contributed by atoms with E-state index in [1.807, 2.05) is 57.3 Å². The molecule has 0 bridgehead atoms. The van der Waals surface area contributed by atoms with Crippen LogP contribution in [-0.4, -0.2) is 36.0 Å². The molecule has 3 aliphatic rings. The van der Waals surface area contributed by atoms with Crippen molar-refractivity contribution < 1.29 is 19.1 Å². The Bertz CT molecular complexity index is 1480. The minimum Gasteiger partial charge on any atom is -0.483 e. The fraction of sp³-hybridized carbons (Fsp3) is 0.441. The second kappa shape index (κ2) is 10.6. The number of nitrogens with zero attached hydrogens (tertiary/aromatic N) is 1. The van der Waals surface area contributed by atoms with Crippen molar-refractivity contribution in [1.82, 2.24) is 4.90 Å². The summed E-state index contributed by atoms with van der Waals surface area (Å²) in [5, 5.41) is 2.88. The Kier molecular flexibility index (Phi) is 7.56. The molecule has 5 rings (SSSR count). The first-order chi connectivity index (χ1) is 19.2. The maximum atomic E-state index is 13.7. The molecule has 0 aromatic heterocycles. The lowest BCUT2D eigenvalue weighted by Gasteiger charge is -2.47. The first-order valence-electron chi connectivity index (χ1n) is 14.2. The second-order valence-electron chi connectivity index (χ2n) is 13.4. The third-order valence-electron chi connectivity index (χ3n) is 8.62. The third kappa shape index (κ3) is 5.78. The van der Waals surface area contributed by atoms with Crippen LogP contribution < -0.4 is 10.1 Å². The Morgan fingerprint density at radius 1 is 0.902 bits per heavy atom. The molecule has 0 spiro atoms. The molecule has 6 nitrogen and oxygen atoms in total. The van der Waals surface area contributed by atoms with Crippen molar-refractivity contribution in [2.24, 2.45) is 10.8 Å². The number of anilines is 1. The van der Waals surface area contributed by atoms with E-state index >= 15 is 0 Å². The number of hydrogen-bond donors (Lipinski definition) is 1. The van der Waals surface area contributed by atoms with E-state index in [9.17, 15) is 14.4 Å². The number of amides is 1. The number of benzene rings is 2. The van der Waals surface area contributed by atoms with Gasteiger partial charge in [-0.2, -0.15) is 0 Å². The zero-order valence-corrected chi connectivity index (χ0v) is 26.6. The number of carbonyl (C=O) groups excluding carboxylic acids is 3. The second-order valence-corrected chi connectivity index (χ2v) is 14.3. The first kappa shape index (κ1) is 29.3. The number of aryl methyl sites for hydroxylation is 2. The van der Waals surface area contributed by atoms with E-state index in [1.165, 1.54) is 0 Å². The van der Waals surface area contributed by atoms with Gasteiger partial charge in [0.25, 0.3) is 5.91 Å². The smallest absolute Gasteiger partial charge is 0.262 e. The van der Waals surface area contributed by atoms with Gasteiger partial charge in [-0.15, -0.1) is 0 Å². The lowest BCUT2D eigenvalue weighted by atomic mass is 9.64. The van der Waals surface area contributed by atoms with Gasteiger partial charge in [0.2, 0.25) is 0 Å². The van der Waals surface area contributed by atoms with E-state index in [-0.39, 0.29) is 34.9 Å². The van der Waals surface area contributed by atoms with E-state index in [0.717, 1.165) is 57.8 Å². The van der Waals surface area contributed by atoms with Gasteiger partial charge in [-0.05, 0) is 94.4 Å². The third-order valence-corrected chi connectivity index (χ3v) is 9.24. The summed E-state index contributed by atoms with van der Waals surface area (Å²) in [7, 11) is 2.01. The van der Waals surface area contributed by atoms with Crippen molar-refractivity contribution in [3.05, 3.63) is 80.1 Å². The number of rotatable bonds is 5. The fourth-order valence-electron chi connectivity index (χ4n) is 6.47. The van der Waals surface area contributed by atoms with Crippen LogP contribution in [0.1, 0.15) is 76.0 Å². The van der Waals surface area contributed by atoms with Crippen LogP contribution in [0, 0.1) is 24.7 Å². The molecule has 1 heterocycles. The summed E-state index contributed by atoms with van der Waals surface area (Å²) in [4.78, 5) is 42.1. The van der Waals surface area contributed by atoms with Gasteiger partial charge in [-0.3, -0.25) is 14.4 Å². The molecule has 0 saturated carbocycles. The van der Waals surface area contributed by atoms with Crippen LogP contribution in [0.25, 0.3) is 0 Å². The standard InChI is InChI=1S/C34H39BrN2O4/c1-19-8-10-22(12-20(19)2)36-29(40)18-41-28-11-9-21(13-23(28)35)30-31-24(14-33(3,4)16-26(31)38)37(7)25-15-34(5,6)17-27(39)32(25)30/h8-13,30H,14-18H2,1-7H3,(H,36,40). The fourth-order valence-corrected chi connectivity index (χ4v) is 6.98. The minimum absolute atomic E-state index is 0.108. The van der Waals surface area contributed by atoms with Gasteiger partial charge >= 0.3 is 0 Å². The Hall–Kier alpha value is -3.19. The Morgan fingerprint density at radius 3 is 2.02 bits per heavy atom. The number of carbonyl (C=O) groups is 3. The molecule has 0 radical (unpaired) electrons. The summed E-state index contributed by atoms with van der Waals surface area (Å²) < 4.78 is 6.54. The van der Waals surface area contributed by atoms with E-state index in [1.54, 1.807) is 0 Å². The molecule has 2 aliphatic carbocycles. The van der Waals surface area contributed by atoms with Crippen LogP contribution in [0.3, 0.4) is 0 Å². The van der Waals surface area contributed by atoms with E-state index in [2.05, 4.69) is 53.8 Å². The molecule has 0 saturated heterocycles. The van der Waals surface area contributed by atoms with Crippen molar-refractivity contribution in [2.75, 3.05) is 19.0 Å². The lowest BCUT2D eigenvalue weighted by Crippen LogP contribution is -2.43. The molecule has 7 heteroatoms. The quantitative estimate of drug-likeness (QED) is 0.378. The average molecular weight is 620 g/mol. The molecule has 1 N–H and O–H groups in total. The Morgan fingerprint density at radius 2 is 1.49 bits per heavy atom. The van der Waals surface area contributed by atoms with Gasteiger partial charge in [0.05, 0.1) is 4.47 Å². The van der Waals surface area contributed by atoms with Gasteiger partial charge < -0.3 is 15.0 Å². The zero-order valence-electron chi connectivity index (χ0n) is 25.0. The molecule has 1 amide bonds. The molecule has 41 heavy (non-hydrogen) atoms. The largest absolute Gasteiger partial charge is 0.483 e. The number of ether oxygens (including phenoxy) is 1. The summed E-state index contributed by atoms with van der Waals surface area (Å²) in [5.41, 5.74) is 7.13. The highest BCUT2D eigenvalue weighted by Gasteiger charge is 2.48. The van der Waals surface area contributed by atoms with Gasteiger partial charge in [0.1, 0.15) is 5.75 Å². The van der Waals surface area contributed by atoms with Crippen molar-refractivity contribution in [3.8, 4) is 5.75 Å². The van der Waals surface area contributed by atoms with Crippen LogP contribution in [0.4, 0.5) is 5.69 Å². The maximum Gasteiger partial charge on any atom is 0.262 e. The summed E-state index contributed by atoms with van der Waals surface area (Å²) in [6, 6.07) is 11.5. The van der Waals surface area contributed by atoms with Crippen LogP contribution in [0.5, 0.6) is 5.75 Å². The number of hydrogen-bond acceptors (Lipinski definition) is 5. The Balaban J connectivity index is 1.45. The predicted octanol–water partition coefficient (Wildman–Crippen LogP) is 7.40. The van der Waals surface area contributed by atoms with Gasteiger partial charge in [0, 0.05) is 54.0 Å². The lowest BCUT2D eigenvalue weighted by molar-refractivity contribution is -0.120. The van der Waals surface area contributed by atoms with E-state index in [4.69, 9.17) is 4.74 Å². The zero-order chi connectivity index (χ0) is 29.9. The monoisotopic (exact) mass is 618 g/mol. The van der Waals surface area contributed by atoms with Crippen molar-refractivity contribution in [1.29, 1.82) is 0 Å². The van der Waals surface area contributed by atoms with Crippen molar-refractivity contribution in [3.63, 3.8) is 0 Å². The molecule has 2 aromatic rings. The molecular formula is C34H39BrN2O4. The first-order valence-corrected chi connectivity index (χ1v) is 15.0. The Labute approximate surface area is 251 Å². The molecule has 1 aliphatic heterocycles. The van der Waals surface area contributed by atoms with Crippen LogP contribution >= 0.6 is 15.9 Å². The van der Waals surface area contributed by atoms with Crippen LogP contribution in [-0.2, 0) is 14.4 Å². The van der Waals surface area contributed by atoms with E-state index < -0.39 is 5.92 Å². The SMILES string of the molecule is Cc1ccc(NC(=O)COc2ccc(C3C4=C(CC(C)(C)CC4=O)N(C)C4=C3C(=O)CC(C)(C)C4)cc2Br)cc1C. The summed E-state index contributed by atoms with van der Waals surface area (Å²) in [6.07, 6.45) is 2.47. The average Bonchev–Trinajstić information content (AvgIpc) is 2.85. The van der Waals surface area contributed by atoms with Crippen molar-refractivity contribution >= 4 is 39.1 Å². The normalized spacial score (nSPS) is 20.1.